The Bertz CT molecular complexity index is 878. The second kappa shape index (κ2) is 6.56. The van der Waals surface area contributed by atoms with Crippen LogP contribution in [0.3, 0.4) is 0 Å². The van der Waals surface area contributed by atoms with Crippen molar-refractivity contribution < 1.29 is 0 Å². The van der Waals surface area contributed by atoms with Crippen LogP contribution >= 0.6 is 22.9 Å². The summed E-state index contributed by atoms with van der Waals surface area (Å²) in [4.78, 5) is 7.63. The summed E-state index contributed by atoms with van der Waals surface area (Å²) < 4.78 is 1.80. The van der Waals surface area contributed by atoms with Crippen molar-refractivity contribution >= 4 is 34.3 Å². The molecular weight excluding hydrogens is 328 g/mol. The van der Waals surface area contributed by atoms with Crippen LogP contribution in [0.4, 0.5) is 11.4 Å². The van der Waals surface area contributed by atoms with E-state index in [9.17, 15) is 0 Å². The molecule has 0 amide bonds. The van der Waals surface area contributed by atoms with Gasteiger partial charge in [0.05, 0.1) is 5.69 Å². The van der Waals surface area contributed by atoms with Gasteiger partial charge in [-0.2, -0.15) is 5.10 Å². The van der Waals surface area contributed by atoms with Crippen LogP contribution in [-0.2, 0) is 7.05 Å². The van der Waals surface area contributed by atoms with E-state index in [0.717, 1.165) is 31.8 Å². The molecule has 0 saturated heterocycles. The van der Waals surface area contributed by atoms with Gasteiger partial charge >= 0.3 is 0 Å². The first-order valence-corrected chi connectivity index (χ1v) is 8.34. The lowest BCUT2D eigenvalue weighted by molar-refractivity contribution is 0.732. The van der Waals surface area contributed by atoms with Crippen molar-refractivity contribution in [2.75, 3.05) is 19.0 Å². The van der Waals surface area contributed by atoms with Gasteiger partial charge in [0.25, 0.3) is 0 Å². The van der Waals surface area contributed by atoms with Gasteiger partial charge in [-0.3, -0.25) is 0 Å². The van der Waals surface area contributed by atoms with Crippen molar-refractivity contribution in [2.45, 2.75) is 0 Å². The van der Waals surface area contributed by atoms with Gasteiger partial charge in [-0.25, -0.2) is 9.67 Å². The fraction of sp³-hybridized carbons (Fsp3) is 0.176. The van der Waals surface area contributed by atoms with Crippen LogP contribution in [0.5, 0.6) is 0 Å². The summed E-state index contributed by atoms with van der Waals surface area (Å²) in [6.45, 7) is 0. The lowest BCUT2D eigenvalue weighted by Gasteiger charge is -2.11. The Kier molecular flexibility index (Phi) is 4.50. The third-order valence-electron chi connectivity index (χ3n) is 3.37. The van der Waals surface area contributed by atoms with Crippen molar-refractivity contribution in [1.29, 1.82) is 0 Å². The third kappa shape index (κ3) is 3.63. The molecule has 0 aliphatic heterocycles. The first-order chi connectivity index (χ1) is 11.0. The lowest BCUT2D eigenvalue weighted by Crippen LogP contribution is -2.11. The van der Waals surface area contributed by atoms with Crippen molar-refractivity contribution in [3.63, 3.8) is 0 Å². The molecule has 0 saturated carbocycles. The maximum Gasteiger partial charge on any atom is 0.208 e. The van der Waals surface area contributed by atoms with E-state index in [0.29, 0.717) is 0 Å². The molecule has 0 unspecified atom stereocenters. The minimum Gasteiger partial charge on any atom is -0.378 e. The van der Waals surface area contributed by atoms with Gasteiger partial charge in [-0.1, -0.05) is 41.1 Å². The first-order valence-electron chi connectivity index (χ1n) is 7.15. The molecule has 118 valence electrons. The molecule has 3 aromatic rings. The number of rotatable bonds is 3. The molecule has 2 aromatic carbocycles. The number of hydrogen-bond acceptors (Lipinski definition) is 4. The Morgan fingerprint density at radius 2 is 1.87 bits per heavy atom. The average Bonchev–Trinajstić information content (AvgIpc) is 2.89. The molecule has 1 heterocycles. The Hall–Kier alpha value is -2.11. The number of halogens is 1. The first kappa shape index (κ1) is 15.8. The molecule has 0 N–H and O–H groups in total. The standard InChI is InChI=1S/C17H17ClN4S/c1-21(2)15-6-4-5-14(11-15)19-17-22(3)20-16(23-17)12-7-9-13(18)10-8-12/h4-11H,1-3H3. The summed E-state index contributed by atoms with van der Waals surface area (Å²) in [5, 5.41) is 6.20. The summed E-state index contributed by atoms with van der Waals surface area (Å²) >= 11 is 7.49. The molecule has 0 fully saturated rings. The number of anilines is 1. The minimum absolute atomic E-state index is 0.722. The van der Waals surface area contributed by atoms with Gasteiger partial charge < -0.3 is 4.90 Å². The highest BCUT2D eigenvalue weighted by molar-refractivity contribution is 7.12. The Morgan fingerprint density at radius 1 is 1.13 bits per heavy atom. The van der Waals surface area contributed by atoms with Crippen LogP contribution in [0.15, 0.2) is 53.5 Å². The summed E-state index contributed by atoms with van der Waals surface area (Å²) in [6.07, 6.45) is 0. The summed E-state index contributed by atoms with van der Waals surface area (Å²) in [7, 11) is 5.94. The molecule has 0 bridgehead atoms. The van der Waals surface area contributed by atoms with Crippen LogP contribution in [-0.4, -0.2) is 23.9 Å². The normalized spacial score (nSPS) is 11.7. The molecule has 0 spiro atoms. The fourth-order valence-electron chi connectivity index (χ4n) is 2.11. The predicted molar refractivity (Wildman–Crippen MR) is 97.5 cm³/mol. The van der Waals surface area contributed by atoms with Crippen LogP contribution < -0.4 is 9.70 Å². The fourth-order valence-corrected chi connectivity index (χ4v) is 3.15. The van der Waals surface area contributed by atoms with E-state index < -0.39 is 0 Å². The number of hydrogen-bond donors (Lipinski definition) is 0. The van der Waals surface area contributed by atoms with E-state index in [-0.39, 0.29) is 0 Å². The largest absolute Gasteiger partial charge is 0.378 e. The highest BCUT2D eigenvalue weighted by atomic mass is 35.5. The number of aryl methyl sites for hydroxylation is 1. The molecule has 6 heteroatoms. The van der Waals surface area contributed by atoms with Crippen LogP contribution in [0, 0.1) is 0 Å². The molecular formula is C17H17ClN4S. The maximum atomic E-state index is 5.94. The third-order valence-corrected chi connectivity index (χ3v) is 4.67. The predicted octanol–water partition coefficient (Wildman–Crippen LogP) is 4.10. The Morgan fingerprint density at radius 3 is 2.57 bits per heavy atom. The second-order valence-electron chi connectivity index (χ2n) is 5.35. The Balaban J connectivity index is 2.00. The molecule has 23 heavy (non-hydrogen) atoms. The molecule has 0 aliphatic carbocycles. The van der Waals surface area contributed by atoms with E-state index in [4.69, 9.17) is 16.6 Å². The zero-order chi connectivity index (χ0) is 16.4. The minimum atomic E-state index is 0.722. The molecule has 0 radical (unpaired) electrons. The van der Waals surface area contributed by atoms with Gasteiger partial charge in [0.2, 0.25) is 4.80 Å². The zero-order valence-electron chi connectivity index (χ0n) is 13.2. The molecule has 3 rings (SSSR count). The highest BCUT2D eigenvalue weighted by Gasteiger charge is 2.05. The van der Waals surface area contributed by atoms with E-state index in [2.05, 4.69) is 22.1 Å². The van der Waals surface area contributed by atoms with Crippen molar-refractivity contribution in [3.8, 4) is 10.6 Å². The van der Waals surface area contributed by atoms with Crippen LogP contribution in [0.25, 0.3) is 10.6 Å². The van der Waals surface area contributed by atoms with Crippen molar-refractivity contribution in [3.05, 3.63) is 58.4 Å². The lowest BCUT2D eigenvalue weighted by atomic mass is 10.2. The van der Waals surface area contributed by atoms with E-state index >= 15 is 0 Å². The van der Waals surface area contributed by atoms with E-state index in [1.165, 1.54) is 0 Å². The monoisotopic (exact) mass is 344 g/mol. The van der Waals surface area contributed by atoms with E-state index in [1.54, 1.807) is 16.0 Å². The van der Waals surface area contributed by atoms with Crippen LogP contribution in [0.1, 0.15) is 0 Å². The second-order valence-corrected chi connectivity index (χ2v) is 6.74. The topological polar surface area (TPSA) is 33.4 Å². The number of benzene rings is 2. The quantitative estimate of drug-likeness (QED) is 0.716. The zero-order valence-corrected chi connectivity index (χ0v) is 14.8. The molecule has 1 aromatic heterocycles. The Labute approximate surface area is 144 Å². The van der Waals surface area contributed by atoms with Gasteiger partial charge in [0.1, 0.15) is 5.01 Å². The molecule has 4 nitrogen and oxygen atoms in total. The van der Waals surface area contributed by atoms with Gasteiger partial charge in [-0.15, -0.1) is 0 Å². The maximum absolute atomic E-state index is 5.94. The number of nitrogens with zero attached hydrogens (tertiary/aromatic N) is 4. The van der Waals surface area contributed by atoms with Gasteiger partial charge in [-0.05, 0) is 30.3 Å². The summed E-state index contributed by atoms with van der Waals surface area (Å²) in [6, 6.07) is 15.8. The summed E-state index contributed by atoms with van der Waals surface area (Å²) in [5.41, 5.74) is 3.08. The smallest absolute Gasteiger partial charge is 0.208 e. The molecule has 0 aliphatic rings. The average molecular weight is 345 g/mol. The van der Waals surface area contributed by atoms with Gasteiger partial charge in [0.15, 0.2) is 0 Å². The van der Waals surface area contributed by atoms with Crippen LogP contribution in [0.2, 0.25) is 5.02 Å². The van der Waals surface area contributed by atoms with Gasteiger partial charge in [0, 0.05) is 37.4 Å². The van der Waals surface area contributed by atoms with Crippen molar-refractivity contribution in [1.82, 2.24) is 9.78 Å². The SMILES string of the molecule is CN(C)c1cccc(N=c2sc(-c3ccc(Cl)cc3)nn2C)c1. The molecule has 0 atom stereocenters. The van der Waals surface area contributed by atoms with Crippen molar-refractivity contribution in [2.24, 2.45) is 12.0 Å². The highest BCUT2D eigenvalue weighted by Crippen LogP contribution is 2.23. The van der Waals surface area contributed by atoms with E-state index in [1.807, 2.05) is 57.5 Å². The number of aromatic nitrogens is 2. The summed E-state index contributed by atoms with van der Waals surface area (Å²) in [5.74, 6) is 0.